The van der Waals surface area contributed by atoms with Gasteiger partial charge in [0.15, 0.2) is 6.61 Å². The first kappa shape index (κ1) is 8.07. The van der Waals surface area contributed by atoms with Crippen molar-refractivity contribution in [1.82, 2.24) is 0 Å². The smallest absolute Gasteiger partial charge is 0.262 e. The summed E-state index contributed by atoms with van der Waals surface area (Å²) in [5, 5.41) is 2.72. The number of nitrogens with one attached hydrogen (secondary N) is 1. The molecule has 1 aliphatic heterocycles. The number of hydrogen-bond donors (Lipinski definition) is 2. The number of nitrogens with two attached hydrogens (primary N) is 1. The van der Waals surface area contributed by atoms with E-state index in [2.05, 4.69) is 5.32 Å². The van der Waals surface area contributed by atoms with Crippen LogP contribution in [-0.2, 0) is 11.3 Å². The molecule has 1 aromatic rings. The van der Waals surface area contributed by atoms with Gasteiger partial charge in [0.25, 0.3) is 5.91 Å². The van der Waals surface area contributed by atoms with E-state index in [1.165, 1.54) is 0 Å². The monoisotopic (exact) mass is 178 g/mol. The van der Waals surface area contributed by atoms with Crippen molar-refractivity contribution in [2.24, 2.45) is 5.73 Å². The molecule has 68 valence electrons. The van der Waals surface area contributed by atoms with E-state index in [0.29, 0.717) is 18.0 Å². The molecule has 3 N–H and O–H groups in total. The van der Waals surface area contributed by atoms with Crippen LogP contribution >= 0.6 is 0 Å². The topological polar surface area (TPSA) is 64.3 Å². The van der Waals surface area contributed by atoms with Crippen molar-refractivity contribution < 1.29 is 9.53 Å². The average Bonchev–Trinajstić information content (AvgIpc) is 2.16. The van der Waals surface area contributed by atoms with Gasteiger partial charge in [-0.2, -0.15) is 0 Å². The number of rotatable bonds is 1. The highest BCUT2D eigenvalue weighted by Crippen LogP contribution is 2.28. The van der Waals surface area contributed by atoms with Gasteiger partial charge < -0.3 is 15.8 Å². The molecular weight excluding hydrogens is 168 g/mol. The molecule has 4 nitrogen and oxygen atoms in total. The van der Waals surface area contributed by atoms with Crippen molar-refractivity contribution in [2.75, 3.05) is 11.9 Å². The van der Waals surface area contributed by atoms with Crippen LogP contribution in [0.4, 0.5) is 5.69 Å². The van der Waals surface area contributed by atoms with Crippen LogP contribution < -0.4 is 15.8 Å². The Labute approximate surface area is 75.7 Å². The summed E-state index contributed by atoms with van der Waals surface area (Å²) in [6, 6.07) is 5.53. The zero-order chi connectivity index (χ0) is 9.26. The molecule has 4 heteroatoms. The number of ether oxygens (including phenoxy) is 1. The first-order valence-corrected chi connectivity index (χ1v) is 4.05. The molecule has 0 saturated heterocycles. The Bertz CT molecular complexity index is 349. The predicted molar refractivity (Wildman–Crippen MR) is 48.5 cm³/mol. The summed E-state index contributed by atoms with van der Waals surface area (Å²) < 4.78 is 5.18. The zero-order valence-electron chi connectivity index (χ0n) is 7.04. The highest BCUT2D eigenvalue weighted by molar-refractivity contribution is 5.95. The van der Waals surface area contributed by atoms with Crippen molar-refractivity contribution >= 4 is 11.6 Å². The number of fused-ring (bicyclic) bond motifs is 1. The molecule has 0 radical (unpaired) electrons. The van der Waals surface area contributed by atoms with Gasteiger partial charge in [-0.25, -0.2) is 0 Å². The summed E-state index contributed by atoms with van der Waals surface area (Å²) >= 11 is 0. The van der Waals surface area contributed by atoms with Gasteiger partial charge >= 0.3 is 0 Å². The van der Waals surface area contributed by atoms with Crippen LogP contribution in [0.15, 0.2) is 18.2 Å². The zero-order valence-corrected chi connectivity index (χ0v) is 7.04. The third kappa shape index (κ3) is 1.48. The normalized spacial score (nSPS) is 14.4. The molecule has 1 aliphatic rings. The van der Waals surface area contributed by atoms with E-state index in [1.54, 1.807) is 0 Å². The van der Waals surface area contributed by atoms with Gasteiger partial charge in [-0.05, 0) is 17.7 Å². The summed E-state index contributed by atoms with van der Waals surface area (Å²) in [6.45, 7) is 0.554. The van der Waals surface area contributed by atoms with Crippen LogP contribution in [0.1, 0.15) is 5.56 Å². The Kier molecular flexibility index (Phi) is 1.90. The molecule has 0 aromatic heterocycles. The lowest BCUT2D eigenvalue weighted by Gasteiger charge is -2.18. The second kappa shape index (κ2) is 3.06. The molecule has 13 heavy (non-hydrogen) atoms. The van der Waals surface area contributed by atoms with Crippen LogP contribution in [-0.4, -0.2) is 12.5 Å². The van der Waals surface area contributed by atoms with Gasteiger partial charge in [0.1, 0.15) is 5.75 Å². The fourth-order valence-corrected chi connectivity index (χ4v) is 1.26. The van der Waals surface area contributed by atoms with Crippen LogP contribution in [0.25, 0.3) is 0 Å². The number of carbonyl (C=O) groups is 1. The molecule has 0 aliphatic carbocycles. The fraction of sp³-hybridized carbons (Fsp3) is 0.222. The summed E-state index contributed by atoms with van der Waals surface area (Å²) in [7, 11) is 0. The second-order valence-corrected chi connectivity index (χ2v) is 2.87. The maximum atomic E-state index is 11.0. The minimum atomic E-state index is -0.123. The van der Waals surface area contributed by atoms with E-state index in [0.717, 1.165) is 5.56 Å². The third-order valence-corrected chi connectivity index (χ3v) is 1.91. The van der Waals surface area contributed by atoms with Crippen LogP contribution in [0.2, 0.25) is 0 Å². The maximum Gasteiger partial charge on any atom is 0.262 e. The number of benzene rings is 1. The Morgan fingerprint density at radius 2 is 2.38 bits per heavy atom. The van der Waals surface area contributed by atoms with Gasteiger partial charge in [0.05, 0.1) is 5.69 Å². The fourth-order valence-electron chi connectivity index (χ4n) is 1.26. The second-order valence-electron chi connectivity index (χ2n) is 2.87. The summed E-state index contributed by atoms with van der Waals surface area (Å²) in [5.41, 5.74) is 7.15. The lowest BCUT2D eigenvalue weighted by atomic mass is 10.1. The first-order chi connectivity index (χ1) is 6.29. The SMILES string of the molecule is NCc1ccc2c(c1)NC(=O)CO2. The highest BCUT2D eigenvalue weighted by atomic mass is 16.5. The molecule has 0 bridgehead atoms. The average molecular weight is 178 g/mol. The lowest BCUT2D eigenvalue weighted by molar-refractivity contribution is -0.118. The lowest BCUT2D eigenvalue weighted by Crippen LogP contribution is -2.25. The molecule has 2 rings (SSSR count). The number of anilines is 1. The summed E-state index contributed by atoms with van der Waals surface area (Å²) in [5.74, 6) is 0.582. The number of amides is 1. The molecule has 0 fully saturated rings. The Morgan fingerprint density at radius 1 is 1.54 bits per heavy atom. The van der Waals surface area contributed by atoms with Crippen LogP contribution in [0, 0.1) is 0 Å². The predicted octanol–water partition coefficient (Wildman–Crippen LogP) is 0.476. The molecule has 0 unspecified atom stereocenters. The van der Waals surface area contributed by atoms with E-state index in [9.17, 15) is 4.79 Å². The molecule has 0 atom stereocenters. The first-order valence-electron chi connectivity index (χ1n) is 4.05. The van der Waals surface area contributed by atoms with E-state index in [1.807, 2.05) is 18.2 Å². The molecule has 0 saturated carbocycles. The number of carbonyl (C=O) groups excluding carboxylic acids is 1. The largest absolute Gasteiger partial charge is 0.482 e. The van der Waals surface area contributed by atoms with Gasteiger partial charge in [-0.3, -0.25) is 4.79 Å². The van der Waals surface area contributed by atoms with E-state index in [4.69, 9.17) is 10.5 Å². The van der Waals surface area contributed by atoms with Crippen LogP contribution in [0.3, 0.4) is 0 Å². The van der Waals surface area contributed by atoms with Gasteiger partial charge in [-0.15, -0.1) is 0 Å². The quantitative estimate of drug-likeness (QED) is 0.657. The molecule has 1 heterocycles. The van der Waals surface area contributed by atoms with Crippen molar-refractivity contribution in [1.29, 1.82) is 0 Å². The summed E-state index contributed by atoms with van der Waals surface area (Å²) in [6.07, 6.45) is 0. The van der Waals surface area contributed by atoms with Gasteiger partial charge in [0, 0.05) is 6.54 Å². The molecule has 0 spiro atoms. The van der Waals surface area contributed by atoms with E-state index >= 15 is 0 Å². The summed E-state index contributed by atoms with van der Waals surface area (Å²) in [4.78, 5) is 11.0. The highest BCUT2D eigenvalue weighted by Gasteiger charge is 2.15. The maximum absolute atomic E-state index is 11.0. The molecular formula is C9H10N2O2. The van der Waals surface area contributed by atoms with Crippen molar-refractivity contribution in [3.63, 3.8) is 0 Å². The minimum absolute atomic E-state index is 0.0922. The van der Waals surface area contributed by atoms with Crippen molar-refractivity contribution in [3.8, 4) is 5.75 Å². The Hall–Kier alpha value is -1.55. The molecule has 1 amide bonds. The van der Waals surface area contributed by atoms with E-state index in [-0.39, 0.29) is 12.5 Å². The third-order valence-electron chi connectivity index (χ3n) is 1.91. The van der Waals surface area contributed by atoms with Crippen molar-refractivity contribution in [3.05, 3.63) is 23.8 Å². The molecule has 1 aromatic carbocycles. The Morgan fingerprint density at radius 3 is 3.15 bits per heavy atom. The van der Waals surface area contributed by atoms with Crippen molar-refractivity contribution in [2.45, 2.75) is 6.54 Å². The van der Waals surface area contributed by atoms with Gasteiger partial charge in [-0.1, -0.05) is 6.07 Å². The van der Waals surface area contributed by atoms with E-state index < -0.39 is 0 Å². The number of hydrogen-bond acceptors (Lipinski definition) is 3. The minimum Gasteiger partial charge on any atom is -0.482 e. The Balaban J connectivity index is 2.38. The standard InChI is InChI=1S/C9H10N2O2/c10-4-6-1-2-8-7(3-6)11-9(12)5-13-8/h1-3H,4-5,10H2,(H,11,12). The van der Waals surface area contributed by atoms with Crippen LogP contribution in [0.5, 0.6) is 5.75 Å². The van der Waals surface area contributed by atoms with Gasteiger partial charge in [0.2, 0.25) is 0 Å².